The van der Waals surface area contributed by atoms with E-state index in [2.05, 4.69) is 17.2 Å². The number of ether oxygens (including phenoxy) is 2. The Labute approximate surface area is 129 Å². The van der Waals surface area contributed by atoms with Crippen molar-refractivity contribution in [3.63, 3.8) is 0 Å². The molecule has 0 radical (unpaired) electrons. The van der Waals surface area contributed by atoms with Crippen molar-refractivity contribution >= 4 is 17.0 Å². The molecule has 1 unspecified atom stereocenters. The number of rotatable bonds is 6. The van der Waals surface area contributed by atoms with E-state index in [0.29, 0.717) is 6.61 Å². The van der Waals surface area contributed by atoms with Crippen LogP contribution in [-0.2, 0) is 11.3 Å². The summed E-state index contributed by atoms with van der Waals surface area (Å²) in [6.45, 7) is 4.31. The molecule has 0 spiro atoms. The maximum absolute atomic E-state index is 5.81. The van der Waals surface area contributed by atoms with E-state index in [1.807, 2.05) is 30.5 Å². The Bertz CT molecular complexity index is 579. The molecule has 2 heterocycles. The van der Waals surface area contributed by atoms with E-state index in [1.54, 1.807) is 11.3 Å². The quantitative estimate of drug-likeness (QED) is 0.885. The molecule has 1 aromatic carbocycles. The van der Waals surface area contributed by atoms with E-state index in [-0.39, 0.29) is 6.10 Å². The zero-order valence-electron chi connectivity index (χ0n) is 12.2. The molecule has 0 amide bonds. The van der Waals surface area contributed by atoms with Crippen molar-refractivity contribution in [1.82, 2.24) is 4.98 Å². The Hall–Kier alpha value is -1.59. The molecular weight excluding hydrogens is 284 g/mol. The number of benzene rings is 1. The van der Waals surface area contributed by atoms with Gasteiger partial charge >= 0.3 is 0 Å². The van der Waals surface area contributed by atoms with E-state index in [1.165, 1.54) is 4.88 Å². The summed E-state index contributed by atoms with van der Waals surface area (Å²) in [4.78, 5) is 5.59. The van der Waals surface area contributed by atoms with Crippen LogP contribution in [0, 0.1) is 6.92 Å². The van der Waals surface area contributed by atoms with Crippen molar-refractivity contribution in [3.8, 4) is 5.75 Å². The van der Waals surface area contributed by atoms with Crippen LogP contribution < -0.4 is 10.1 Å². The van der Waals surface area contributed by atoms with E-state index >= 15 is 0 Å². The molecule has 4 nitrogen and oxygen atoms in total. The number of thiazole rings is 1. The number of anilines is 1. The third kappa shape index (κ3) is 4.19. The van der Waals surface area contributed by atoms with Gasteiger partial charge in [0.25, 0.3) is 0 Å². The van der Waals surface area contributed by atoms with Crippen molar-refractivity contribution < 1.29 is 9.47 Å². The Morgan fingerprint density at radius 2 is 2.43 bits per heavy atom. The van der Waals surface area contributed by atoms with Crippen LogP contribution in [0.2, 0.25) is 0 Å². The van der Waals surface area contributed by atoms with Crippen molar-refractivity contribution in [1.29, 1.82) is 0 Å². The van der Waals surface area contributed by atoms with E-state index in [9.17, 15) is 0 Å². The van der Waals surface area contributed by atoms with Gasteiger partial charge in [0.15, 0.2) is 0 Å². The van der Waals surface area contributed by atoms with Gasteiger partial charge in [-0.2, -0.15) is 0 Å². The molecule has 0 saturated carbocycles. The van der Waals surface area contributed by atoms with Crippen LogP contribution in [0.15, 0.2) is 30.5 Å². The summed E-state index contributed by atoms with van der Waals surface area (Å²) in [6.07, 6.45) is 4.40. The molecule has 0 aliphatic carbocycles. The minimum absolute atomic E-state index is 0.250. The number of hydrogen-bond acceptors (Lipinski definition) is 5. The first-order chi connectivity index (χ1) is 10.3. The third-order valence-corrected chi connectivity index (χ3v) is 4.32. The second kappa shape index (κ2) is 6.91. The molecule has 3 rings (SSSR count). The molecule has 2 aromatic rings. The third-order valence-electron chi connectivity index (χ3n) is 3.41. The highest BCUT2D eigenvalue weighted by Crippen LogP contribution is 2.21. The van der Waals surface area contributed by atoms with Crippen molar-refractivity contribution in [2.75, 3.05) is 18.5 Å². The summed E-state index contributed by atoms with van der Waals surface area (Å²) in [5.74, 6) is 0.880. The van der Waals surface area contributed by atoms with Gasteiger partial charge in [-0.15, -0.1) is 11.3 Å². The fourth-order valence-electron chi connectivity index (χ4n) is 2.32. The monoisotopic (exact) mass is 304 g/mol. The van der Waals surface area contributed by atoms with Crippen LogP contribution in [0.25, 0.3) is 0 Å². The summed E-state index contributed by atoms with van der Waals surface area (Å²) in [6, 6.07) is 8.04. The SMILES string of the molecule is Cc1cnc(CNc2cccc(OCC3CCCO3)c2)s1. The number of aryl methyl sites for hydroxylation is 1. The topological polar surface area (TPSA) is 43.4 Å². The lowest BCUT2D eigenvalue weighted by Gasteiger charge is -2.12. The minimum Gasteiger partial charge on any atom is -0.491 e. The zero-order chi connectivity index (χ0) is 14.5. The van der Waals surface area contributed by atoms with E-state index < -0.39 is 0 Å². The van der Waals surface area contributed by atoms with Gasteiger partial charge in [-0.3, -0.25) is 0 Å². The van der Waals surface area contributed by atoms with Crippen molar-refractivity contribution in [2.24, 2.45) is 0 Å². The predicted molar refractivity (Wildman–Crippen MR) is 85.1 cm³/mol. The first kappa shape index (κ1) is 14.4. The summed E-state index contributed by atoms with van der Waals surface area (Å²) in [7, 11) is 0. The average molecular weight is 304 g/mol. The number of nitrogens with zero attached hydrogens (tertiary/aromatic N) is 1. The summed E-state index contributed by atoms with van der Waals surface area (Å²) in [5, 5.41) is 4.47. The number of hydrogen-bond donors (Lipinski definition) is 1. The molecule has 5 heteroatoms. The van der Waals surface area contributed by atoms with Crippen LogP contribution in [0.1, 0.15) is 22.7 Å². The molecular formula is C16H20N2O2S. The molecule has 1 aromatic heterocycles. The summed E-state index contributed by atoms with van der Waals surface area (Å²) in [5.41, 5.74) is 1.05. The van der Waals surface area contributed by atoms with Gasteiger partial charge in [0.05, 0.1) is 12.6 Å². The predicted octanol–water partition coefficient (Wildman–Crippen LogP) is 3.62. The zero-order valence-corrected chi connectivity index (χ0v) is 13.0. The fraction of sp³-hybridized carbons (Fsp3) is 0.438. The Kier molecular flexibility index (Phi) is 4.72. The second-order valence-corrected chi connectivity index (χ2v) is 6.51. The van der Waals surface area contributed by atoms with E-state index in [4.69, 9.17) is 9.47 Å². The van der Waals surface area contributed by atoms with Gasteiger partial charge < -0.3 is 14.8 Å². The maximum Gasteiger partial charge on any atom is 0.121 e. The van der Waals surface area contributed by atoms with E-state index in [0.717, 1.165) is 42.4 Å². The molecule has 1 aliphatic heterocycles. The molecule has 112 valence electrons. The smallest absolute Gasteiger partial charge is 0.121 e. The Morgan fingerprint density at radius 1 is 1.48 bits per heavy atom. The molecule has 1 atom stereocenters. The first-order valence-corrected chi connectivity index (χ1v) is 8.11. The average Bonchev–Trinajstić information content (AvgIpc) is 3.15. The summed E-state index contributed by atoms with van der Waals surface area (Å²) < 4.78 is 11.4. The van der Waals surface area contributed by atoms with Gasteiger partial charge in [-0.25, -0.2) is 4.98 Å². The molecule has 1 aliphatic rings. The van der Waals surface area contributed by atoms with Crippen LogP contribution in [0.3, 0.4) is 0 Å². The number of aromatic nitrogens is 1. The Balaban J connectivity index is 1.52. The van der Waals surface area contributed by atoms with Crippen molar-refractivity contribution in [3.05, 3.63) is 40.3 Å². The van der Waals surface area contributed by atoms with Crippen LogP contribution >= 0.6 is 11.3 Å². The van der Waals surface area contributed by atoms with Gasteiger partial charge in [0.1, 0.15) is 17.4 Å². The lowest BCUT2D eigenvalue weighted by Crippen LogP contribution is -2.16. The minimum atomic E-state index is 0.250. The molecule has 0 bridgehead atoms. The van der Waals surface area contributed by atoms with Gasteiger partial charge in [0.2, 0.25) is 0 Å². The highest BCUT2D eigenvalue weighted by Gasteiger charge is 2.15. The first-order valence-electron chi connectivity index (χ1n) is 7.29. The summed E-state index contributed by atoms with van der Waals surface area (Å²) >= 11 is 1.72. The van der Waals surface area contributed by atoms with Gasteiger partial charge in [0, 0.05) is 29.4 Å². The maximum atomic E-state index is 5.81. The highest BCUT2D eigenvalue weighted by molar-refractivity contribution is 7.11. The normalized spacial score (nSPS) is 17.9. The fourth-order valence-corrected chi connectivity index (χ4v) is 3.05. The molecule has 1 fully saturated rings. The Morgan fingerprint density at radius 3 is 3.19 bits per heavy atom. The standard InChI is InChI=1S/C16H20N2O2S/c1-12-9-18-16(21-12)10-17-13-4-2-5-14(8-13)20-11-15-6-3-7-19-15/h2,4-5,8-9,15,17H,3,6-7,10-11H2,1H3. The largest absolute Gasteiger partial charge is 0.491 e. The van der Waals surface area contributed by atoms with Crippen LogP contribution in [-0.4, -0.2) is 24.3 Å². The van der Waals surface area contributed by atoms with Crippen LogP contribution in [0.5, 0.6) is 5.75 Å². The van der Waals surface area contributed by atoms with Gasteiger partial charge in [-0.1, -0.05) is 6.07 Å². The molecule has 1 N–H and O–H groups in total. The van der Waals surface area contributed by atoms with Crippen LogP contribution in [0.4, 0.5) is 5.69 Å². The number of nitrogens with one attached hydrogen (secondary N) is 1. The lowest BCUT2D eigenvalue weighted by atomic mass is 10.2. The molecule has 1 saturated heterocycles. The lowest BCUT2D eigenvalue weighted by molar-refractivity contribution is 0.0680. The van der Waals surface area contributed by atoms with Gasteiger partial charge in [-0.05, 0) is 31.9 Å². The molecule has 21 heavy (non-hydrogen) atoms. The van der Waals surface area contributed by atoms with Crippen molar-refractivity contribution in [2.45, 2.75) is 32.4 Å². The highest BCUT2D eigenvalue weighted by atomic mass is 32.1. The second-order valence-electron chi connectivity index (χ2n) is 5.19.